The van der Waals surface area contributed by atoms with E-state index in [1.165, 1.54) is 0 Å². The molecule has 0 spiro atoms. The van der Waals surface area contributed by atoms with E-state index in [1.807, 2.05) is 0 Å². The van der Waals surface area contributed by atoms with Crippen molar-refractivity contribution in [1.82, 2.24) is 15.3 Å². The number of aromatic nitrogens is 1. The number of carbonyl (C=O) groups is 3. The summed E-state index contributed by atoms with van der Waals surface area (Å²) in [5.74, 6) is -0.156. The number of anilines is 2. The summed E-state index contributed by atoms with van der Waals surface area (Å²) in [6.45, 7) is 5.20. The summed E-state index contributed by atoms with van der Waals surface area (Å²) in [5, 5.41) is 23.7. The molecule has 10 heteroatoms. The fourth-order valence-electron chi connectivity index (χ4n) is 3.76. The molecule has 10 nitrogen and oxygen atoms in total. The molecule has 0 saturated carbocycles. The Bertz CT molecular complexity index is 1040. The van der Waals surface area contributed by atoms with Gasteiger partial charge in [0.2, 0.25) is 5.91 Å². The van der Waals surface area contributed by atoms with Gasteiger partial charge in [-0.2, -0.15) is 5.10 Å². The zero-order valence-electron chi connectivity index (χ0n) is 20.0. The first-order chi connectivity index (χ1) is 16.8. The largest absolute Gasteiger partial charge is 0.481 e. The van der Waals surface area contributed by atoms with Crippen LogP contribution in [0.4, 0.5) is 16.3 Å². The van der Waals surface area contributed by atoms with Crippen LogP contribution in [-0.4, -0.2) is 57.9 Å². The Morgan fingerprint density at radius 1 is 1.09 bits per heavy atom. The summed E-state index contributed by atoms with van der Waals surface area (Å²) in [7, 11) is 0. The minimum absolute atomic E-state index is 0.0354. The minimum Gasteiger partial charge on any atom is -0.481 e. The van der Waals surface area contributed by atoms with Gasteiger partial charge in [0.1, 0.15) is 5.82 Å². The second-order valence-electron chi connectivity index (χ2n) is 8.86. The molecule has 1 aliphatic heterocycles. The lowest BCUT2D eigenvalue weighted by atomic mass is 9.98. The van der Waals surface area contributed by atoms with Crippen LogP contribution in [0.3, 0.4) is 0 Å². The maximum absolute atomic E-state index is 12.8. The lowest BCUT2D eigenvalue weighted by Gasteiger charge is -2.20. The number of carbonyl (C=O) groups excluding carboxylic acids is 2. The van der Waals surface area contributed by atoms with Gasteiger partial charge >= 0.3 is 12.0 Å². The molecule has 0 aliphatic carbocycles. The van der Waals surface area contributed by atoms with Crippen molar-refractivity contribution < 1.29 is 19.5 Å². The highest BCUT2D eigenvalue weighted by Gasteiger charge is 2.25. The number of hydrogen-bond donors (Lipinski definition) is 4. The van der Waals surface area contributed by atoms with Crippen molar-refractivity contribution >= 4 is 35.1 Å². The lowest BCUT2D eigenvalue weighted by Crippen LogP contribution is -2.42. The molecule has 0 bridgehead atoms. The summed E-state index contributed by atoms with van der Waals surface area (Å²) in [5.41, 5.74) is 2.30. The first-order valence-electron chi connectivity index (χ1n) is 11.7. The molecule has 186 valence electrons. The van der Waals surface area contributed by atoms with Crippen molar-refractivity contribution in [3.63, 3.8) is 0 Å². The molecule has 0 fully saturated rings. The molecule has 4 N–H and O–H groups in total. The molecule has 0 radical (unpaired) electrons. The van der Waals surface area contributed by atoms with E-state index in [-0.39, 0.29) is 24.8 Å². The number of hydrazone groups is 1. The average molecular weight is 481 g/mol. The summed E-state index contributed by atoms with van der Waals surface area (Å²) in [6, 6.07) is 11.7. The smallest absolute Gasteiger partial charge is 0.324 e. The van der Waals surface area contributed by atoms with Gasteiger partial charge in [0.25, 0.3) is 0 Å². The number of aliphatic carboxylic acids is 1. The second-order valence-corrected chi connectivity index (χ2v) is 8.86. The number of nitrogens with zero attached hydrogens (tertiary/aromatic N) is 3. The molecule has 2 aromatic rings. The third-order valence-corrected chi connectivity index (χ3v) is 5.41. The zero-order chi connectivity index (χ0) is 25.2. The fraction of sp³-hybridized carbons (Fsp3) is 0.400. The monoisotopic (exact) mass is 480 g/mol. The van der Waals surface area contributed by atoms with Gasteiger partial charge in [0, 0.05) is 31.4 Å². The van der Waals surface area contributed by atoms with Crippen molar-refractivity contribution in [2.45, 2.75) is 45.6 Å². The molecule has 35 heavy (non-hydrogen) atoms. The molecule has 1 aromatic carbocycles. The van der Waals surface area contributed by atoms with E-state index in [4.69, 9.17) is 5.11 Å². The number of rotatable bonds is 11. The number of nitrogens with one attached hydrogen (secondary N) is 3. The molecule has 1 unspecified atom stereocenters. The Morgan fingerprint density at radius 2 is 1.86 bits per heavy atom. The summed E-state index contributed by atoms with van der Waals surface area (Å²) in [6.07, 6.45) is 3.29. The number of carboxylic acid groups (broad SMARTS) is 1. The van der Waals surface area contributed by atoms with Crippen molar-refractivity contribution in [2.24, 2.45) is 11.0 Å². The van der Waals surface area contributed by atoms with Crippen LogP contribution in [0.2, 0.25) is 0 Å². The maximum Gasteiger partial charge on any atom is 0.324 e. The Labute approximate surface area is 204 Å². The van der Waals surface area contributed by atoms with Crippen LogP contribution in [0.25, 0.3) is 0 Å². The molecule has 1 atom stereocenters. The molecule has 2 heterocycles. The summed E-state index contributed by atoms with van der Waals surface area (Å²) in [4.78, 5) is 39.8. The van der Waals surface area contributed by atoms with Crippen LogP contribution in [0.1, 0.15) is 38.7 Å². The van der Waals surface area contributed by atoms with Gasteiger partial charge in [0.15, 0.2) is 0 Å². The topological polar surface area (TPSA) is 136 Å². The first kappa shape index (κ1) is 25.7. The van der Waals surface area contributed by atoms with Crippen LogP contribution < -0.4 is 16.0 Å². The minimum atomic E-state index is -0.851. The molecule has 3 rings (SSSR count). The Morgan fingerprint density at radius 3 is 2.51 bits per heavy atom. The highest BCUT2D eigenvalue weighted by atomic mass is 16.4. The van der Waals surface area contributed by atoms with E-state index in [0.29, 0.717) is 36.9 Å². The van der Waals surface area contributed by atoms with Gasteiger partial charge in [-0.25, -0.2) is 9.78 Å². The molecular formula is C25H32N6O4. The predicted molar refractivity (Wildman–Crippen MR) is 134 cm³/mol. The highest BCUT2D eigenvalue weighted by Crippen LogP contribution is 2.16. The van der Waals surface area contributed by atoms with Crippen molar-refractivity contribution in [3.05, 3.63) is 54.2 Å². The predicted octanol–water partition coefficient (Wildman–Crippen LogP) is 3.34. The van der Waals surface area contributed by atoms with Gasteiger partial charge in [-0.15, -0.1) is 0 Å². The first-order valence-corrected chi connectivity index (χ1v) is 11.7. The van der Waals surface area contributed by atoms with Crippen LogP contribution in [0.15, 0.2) is 53.8 Å². The lowest BCUT2D eigenvalue weighted by molar-refractivity contribution is -0.137. The molecule has 3 amide bonds. The molecule has 1 aromatic heterocycles. The normalized spacial score (nSPS) is 13.8. The van der Waals surface area contributed by atoms with Crippen LogP contribution in [-0.2, 0) is 16.0 Å². The average Bonchev–Trinajstić information content (AvgIpc) is 3.28. The van der Waals surface area contributed by atoms with Crippen LogP contribution >= 0.6 is 0 Å². The fourth-order valence-corrected chi connectivity index (χ4v) is 3.76. The SMILES string of the molecule is CC(C)CC(NC(=O)Cc1ccc(NC(=O)Nc2ccccn2)cc1)C1=NN(CCC(=O)O)CC1. The Hall–Kier alpha value is -3.95. The molecular weight excluding hydrogens is 448 g/mol. The number of carboxylic acids is 1. The number of urea groups is 1. The van der Waals surface area contributed by atoms with Crippen LogP contribution in [0.5, 0.6) is 0 Å². The molecule has 0 saturated heterocycles. The van der Waals surface area contributed by atoms with Gasteiger partial charge in [-0.1, -0.05) is 32.0 Å². The molecule has 1 aliphatic rings. The van der Waals surface area contributed by atoms with Crippen molar-refractivity contribution in [3.8, 4) is 0 Å². The van der Waals surface area contributed by atoms with E-state index in [1.54, 1.807) is 53.7 Å². The van der Waals surface area contributed by atoms with E-state index in [2.05, 4.69) is 39.9 Å². The van der Waals surface area contributed by atoms with Gasteiger partial charge in [-0.3, -0.25) is 19.9 Å². The maximum atomic E-state index is 12.8. The van der Waals surface area contributed by atoms with E-state index < -0.39 is 12.0 Å². The quantitative estimate of drug-likeness (QED) is 0.389. The van der Waals surface area contributed by atoms with Crippen molar-refractivity contribution in [2.75, 3.05) is 23.7 Å². The van der Waals surface area contributed by atoms with Gasteiger partial charge < -0.3 is 15.7 Å². The summed E-state index contributed by atoms with van der Waals surface area (Å²) >= 11 is 0. The van der Waals surface area contributed by atoms with E-state index >= 15 is 0 Å². The third kappa shape index (κ3) is 8.73. The second kappa shape index (κ2) is 12.5. The van der Waals surface area contributed by atoms with E-state index in [0.717, 1.165) is 17.7 Å². The summed E-state index contributed by atoms with van der Waals surface area (Å²) < 4.78 is 0. The van der Waals surface area contributed by atoms with Crippen molar-refractivity contribution in [1.29, 1.82) is 0 Å². The van der Waals surface area contributed by atoms with Crippen LogP contribution in [0, 0.1) is 5.92 Å². The van der Waals surface area contributed by atoms with E-state index in [9.17, 15) is 14.4 Å². The number of benzene rings is 1. The Kier molecular flexibility index (Phi) is 9.16. The number of pyridine rings is 1. The standard InChI is InChI=1S/C25H32N6O4/c1-17(2)15-21(20-10-13-31(30-20)14-11-24(33)34)28-23(32)16-18-6-8-19(9-7-18)27-25(35)29-22-5-3-4-12-26-22/h3-9,12,17,21H,10-11,13-16H2,1-2H3,(H,28,32)(H,33,34)(H2,26,27,29,35). The number of amides is 3. The van der Waals surface area contributed by atoms with Gasteiger partial charge in [0.05, 0.1) is 24.6 Å². The van der Waals surface area contributed by atoms with Gasteiger partial charge in [-0.05, 0) is 42.2 Å². The Balaban J connectivity index is 1.53. The number of hydrogen-bond acceptors (Lipinski definition) is 6. The zero-order valence-corrected chi connectivity index (χ0v) is 20.0. The third-order valence-electron chi connectivity index (χ3n) is 5.41. The highest BCUT2D eigenvalue weighted by molar-refractivity contribution is 5.99.